The van der Waals surface area contributed by atoms with Crippen LogP contribution in [0.25, 0.3) is 0 Å². The third-order valence-corrected chi connectivity index (χ3v) is 3.20. The highest BCUT2D eigenvalue weighted by Crippen LogP contribution is 2.37. The van der Waals surface area contributed by atoms with Gasteiger partial charge < -0.3 is 5.11 Å². The lowest BCUT2D eigenvalue weighted by Gasteiger charge is -2.28. The fourth-order valence-corrected chi connectivity index (χ4v) is 2.42. The van der Waals surface area contributed by atoms with Gasteiger partial charge in [-0.3, -0.25) is 9.78 Å². The van der Waals surface area contributed by atoms with Crippen molar-refractivity contribution in [2.75, 3.05) is 0 Å². The molecule has 0 amide bonds. The van der Waals surface area contributed by atoms with Crippen molar-refractivity contribution in [2.24, 2.45) is 5.92 Å². The van der Waals surface area contributed by atoms with Gasteiger partial charge in [0.15, 0.2) is 0 Å². The van der Waals surface area contributed by atoms with Crippen LogP contribution in [0.2, 0.25) is 0 Å². The second kappa shape index (κ2) is 4.43. The van der Waals surface area contributed by atoms with Gasteiger partial charge in [0.2, 0.25) is 0 Å². The lowest BCUT2D eigenvalue weighted by molar-refractivity contribution is -0.143. The molecule has 3 nitrogen and oxygen atoms in total. The Morgan fingerprint density at radius 2 is 2.20 bits per heavy atom. The van der Waals surface area contributed by atoms with Crippen molar-refractivity contribution in [3.63, 3.8) is 0 Å². The van der Waals surface area contributed by atoms with Crippen LogP contribution in [0.15, 0.2) is 24.5 Å². The molecule has 15 heavy (non-hydrogen) atoms. The third kappa shape index (κ3) is 2.17. The molecule has 0 aromatic carbocycles. The van der Waals surface area contributed by atoms with Crippen LogP contribution >= 0.6 is 0 Å². The van der Waals surface area contributed by atoms with Gasteiger partial charge in [0.25, 0.3) is 0 Å². The fraction of sp³-hybridized carbons (Fsp3) is 0.500. The number of aromatic nitrogens is 1. The molecule has 3 heteroatoms. The predicted molar refractivity (Wildman–Crippen MR) is 56.6 cm³/mol. The molecular formula is C12H15NO2. The molecular weight excluding hydrogens is 190 g/mol. The number of hydrogen-bond acceptors (Lipinski definition) is 2. The Kier molecular flexibility index (Phi) is 2.99. The van der Waals surface area contributed by atoms with Crippen molar-refractivity contribution in [1.82, 2.24) is 4.98 Å². The number of carboxylic acids is 1. The van der Waals surface area contributed by atoms with Gasteiger partial charge in [0.05, 0.1) is 5.92 Å². The second-order valence-electron chi connectivity index (χ2n) is 4.12. The molecule has 0 bridgehead atoms. The number of hydrogen-bond donors (Lipinski definition) is 1. The molecule has 1 aromatic rings. The Bertz CT molecular complexity index is 337. The zero-order chi connectivity index (χ0) is 10.7. The zero-order valence-corrected chi connectivity index (χ0v) is 8.60. The summed E-state index contributed by atoms with van der Waals surface area (Å²) >= 11 is 0. The maximum Gasteiger partial charge on any atom is 0.307 e. The minimum Gasteiger partial charge on any atom is -0.481 e. The van der Waals surface area contributed by atoms with Gasteiger partial charge >= 0.3 is 5.97 Å². The fourth-order valence-electron chi connectivity index (χ4n) is 2.42. The monoisotopic (exact) mass is 205 g/mol. The van der Waals surface area contributed by atoms with Gasteiger partial charge in [0.1, 0.15) is 0 Å². The van der Waals surface area contributed by atoms with Crippen molar-refractivity contribution < 1.29 is 9.90 Å². The van der Waals surface area contributed by atoms with Crippen LogP contribution in [0.1, 0.15) is 37.2 Å². The quantitative estimate of drug-likeness (QED) is 0.806. The van der Waals surface area contributed by atoms with E-state index in [-0.39, 0.29) is 11.8 Å². The first-order chi connectivity index (χ1) is 7.29. The molecule has 0 unspecified atom stereocenters. The van der Waals surface area contributed by atoms with Crippen molar-refractivity contribution >= 4 is 5.97 Å². The Morgan fingerprint density at radius 3 is 2.87 bits per heavy atom. The summed E-state index contributed by atoms with van der Waals surface area (Å²) in [5.41, 5.74) is 1.07. The van der Waals surface area contributed by atoms with Crippen molar-refractivity contribution in [3.8, 4) is 0 Å². The van der Waals surface area contributed by atoms with E-state index in [1.165, 1.54) is 0 Å². The normalized spacial score (nSPS) is 26.1. The largest absolute Gasteiger partial charge is 0.481 e. The molecule has 2 rings (SSSR count). The minimum atomic E-state index is -0.663. The SMILES string of the molecule is O=C(O)[C@@H]1CCCC[C@@H]1c1cccnc1. The third-order valence-electron chi connectivity index (χ3n) is 3.20. The Hall–Kier alpha value is -1.38. The molecule has 0 spiro atoms. The Balaban J connectivity index is 2.22. The molecule has 0 aliphatic heterocycles. The van der Waals surface area contributed by atoms with Crippen LogP contribution in [0.5, 0.6) is 0 Å². The van der Waals surface area contributed by atoms with Crippen molar-refractivity contribution in [3.05, 3.63) is 30.1 Å². The Morgan fingerprint density at radius 1 is 1.40 bits per heavy atom. The summed E-state index contributed by atoms with van der Waals surface area (Å²) in [6.07, 6.45) is 7.46. The molecule has 0 saturated heterocycles. The number of pyridine rings is 1. The van der Waals surface area contributed by atoms with Gasteiger partial charge in [-0.25, -0.2) is 0 Å². The summed E-state index contributed by atoms with van der Waals surface area (Å²) in [5.74, 6) is -0.726. The Labute approximate surface area is 89.2 Å². The molecule has 1 fully saturated rings. The summed E-state index contributed by atoms with van der Waals surface area (Å²) < 4.78 is 0. The van der Waals surface area contributed by atoms with E-state index in [1.54, 1.807) is 12.4 Å². The molecule has 1 aliphatic rings. The van der Waals surface area contributed by atoms with E-state index < -0.39 is 5.97 Å². The van der Waals surface area contributed by atoms with Crippen LogP contribution in [-0.4, -0.2) is 16.1 Å². The molecule has 1 heterocycles. The van der Waals surface area contributed by atoms with E-state index in [0.29, 0.717) is 0 Å². The van der Waals surface area contributed by atoms with Crippen molar-refractivity contribution in [2.45, 2.75) is 31.6 Å². The lowest BCUT2D eigenvalue weighted by atomic mass is 9.76. The maximum absolute atomic E-state index is 11.1. The molecule has 2 atom stereocenters. The van der Waals surface area contributed by atoms with E-state index in [2.05, 4.69) is 4.98 Å². The maximum atomic E-state index is 11.1. The standard InChI is InChI=1S/C12H15NO2/c14-12(15)11-6-2-1-5-10(11)9-4-3-7-13-8-9/h3-4,7-8,10-11H,1-2,5-6H2,(H,14,15)/t10-,11-/m1/s1. The predicted octanol–water partition coefficient (Wildman–Crippen LogP) is 2.44. The van der Waals surface area contributed by atoms with Crippen LogP contribution in [0, 0.1) is 5.92 Å². The molecule has 1 N–H and O–H groups in total. The van der Waals surface area contributed by atoms with Crippen LogP contribution in [0.3, 0.4) is 0 Å². The molecule has 1 aliphatic carbocycles. The average molecular weight is 205 g/mol. The number of carboxylic acid groups (broad SMARTS) is 1. The molecule has 80 valence electrons. The van der Waals surface area contributed by atoms with E-state index in [0.717, 1.165) is 31.2 Å². The van der Waals surface area contributed by atoms with E-state index in [9.17, 15) is 4.79 Å². The second-order valence-corrected chi connectivity index (χ2v) is 4.12. The first kappa shape index (κ1) is 10.1. The minimum absolute atomic E-state index is 0.157. The summed E-state index contributed by atoms with van der Waals surface area (Å²) in [4.78, 5) is 15.2. The number of nitrogens with zero attached hydrogens (tertiary/aromatic N) is 1. The van der Waals surface area contributed by atoms with Crippen LogP contribution < -0.4 is 0 Å². The van der Waals surface area contributed by atoms with Crippen LogP contribution in [-0.2, 0) is 4.79 Å². The van der Waals surface area contributed by atoms with Crippen LogP contribution in [0.4, 0.5) is 0 Å². The van der Waals surface area contributed by atoms with Gasteiger partial charge in [-0.2, -0.15) is 0 Å². The van der Waals surface area contributed by atoms with Gasteiger partial charge in [-0.15, -0.1) is 0 Å². The number of carbonyl (C=O) groups is 1. The van der Waals surface area contributed by atoms with E-state index >= 15 is 0 Å². The number of rotatable bonds is 2. The van der Waals surface area contributed by atoms with Gasteiger partial charge in [0, 0.05) is 12.4 Å². The first-order valence-electron chi connectivity index (χ1n) is 5.42. The molecule has 1 saturated carbocycles. The highest BCUT2D eigenvalue weighted by Gasteiger charge is 2.31. The summed E-state index contributed by atoms with van der Waals surface area (Å²) in [5, 5.41) is 9.15. The number of aliphatic carboxylic acids is 1. The van der Waals surface area contributed by atoms with Crippen molar-refractivity contribution in [1.29, 1.82) is 0 Å². The van der Waals surface area contributed by atoms with Gasteiger partial charge in [-0.1, -0.05) is 18.9 Å². The van der Waals surface area contributed by atoms with E-state index in [4.69, 9.17) is 5.11 Å². The molecule has 0 radical (unpaired) electrons. The summed E-state index contributed by atoms with van der Waals surface area (Å²) in [6, 6.07) is 3.86. The molecule has 1 aromatic heterocycles. The first-order valence-corrected chi connectivity index (χ1v) is 5.42. The van der Waals surface area contributed by atoms with Gasteiger partial charge in [-0.05, 0) is 30.4 Å². The summed E-state index contributed by atoms with van der Waals surface area (Å²) in [6.45, 7) is 0. The summed E-state index contributed by atoms with van der Waals surface area (Å²) in [7, 11) is 0. The topological polar surface area (TPSA) is 50.2 Å². The lowest BCUT2D eigenvalue weighted by Crippen LogP contribution is -2.25. The highest BCUT2D eigenvalue weighted by molar-refractivity contribution is 5.71. The zero-order valence-electron chi connectivity index (χ0n) is 8.60. The van der Waals surface area contributed by atoms with E-state index in [1.807, 2.05) is 12.1 Å². The smallest absolute Gasteiger partial charge is 0.307 e. The highest BCUT2D eigenvalue weighted by atomic mass is 16.4. The average Bonchev–Trinajstić information content (AvgIpc) is 2.30.